The zero-order valence-corrected chi connectivity index (χ0v) is 54.2. The fraction of sp³-hybridized carbons (Fsp3) is 0.982. The molecule has 0 unspecified atom stereocenters. The van der Waals surface area contributed by atoms with Crippen LogP contribution in [0, 0.1) is 0 Å². The number of amides is 1. The lowest BCUT2D eigenvalue weighted by atomic mass is 9.94. The minimum atomic E-state index is -2.52. The maximum atomic E-state index is 12.4. The summed E-state index contributed by atoms with van der Waals surface area (Å²) in [5.74, 6) is -0.855. The molecule has 45 atom stereocenters. The van der Waals surface area contributed by atoms with Gasteiger partial charge in [0.1, 0.15) is 220 Å². The van der Waals surface area contributed by atoms with Crippen LogP contribution < -0.4 is 5.32 Å². The van der Waals surface area contributed by atoms with Crippen LogP contribution in [-0.4, -0.2) is 485 Å². The van der Waals surface area contributed by atoms with Crippen LogP contribution >= 0.6 is 0 Å². The van der Waals surface area contributed by atoms with Gasteiger partial charge in [-0.2, -0.15) is 0 Å². The van der Waals surface area contributed by atoms with E-state index < -0.39 is 342 Å². The topological polar surface area (TPSA) is 752 Å². The molecule has 29 N–H and O–H groups in total. The van der Waals surface area contributed by atoms with Crippen LogP contribution in [0.5, 0.6) is 0 Å². The Morgan fingerprint density at radius 1 is 0.252 bits per heavy atom. The molecule has 47 nitrogen and oxygen atoms in total. The molecular formula is C56H95NO46. The molecule has 600 valence electrons. The Kier molecular flexibility index (Phi) is 30.2. The van der Waals surface area contributed by atoms with Crippen molar-refractivity contribution in [3.05, 3.63) is 0 Å². The van der Waals surface area contributed by atoms with E-state index in [0.717, 1.165) is 6.92 Å². The molecule has 9 saturated heterocycles. The molecule has 0 aliphatic carbocycles. The van der Waals surface area contributed by atoms with Gasteiger partial charge in [-0.1, -0.05) is 0 Å². The first-order valence-electron chi connectivity index (χ1n) is 32.7. The van der Waals surface area contributed by atoms with E-state index in [1.807, 2.05) is 0 Å². The Bertz CT molecular complexity index is 2580. The van der Waals surface area contributed by atoms with Gasteiger partial charge in [-0.15, -0.1) is 0 Å². The lowest BCUT2D eigenvalue weighted by Gasteiger charge is -2.50. The van der Waals surface area contributed by atoms with Gasteiger partial charge in [0.15, 0.2) is 56.6 Å². The third kappa shape index (κ3) is 18.0. The number of carbonyl (C=O) groups is 1. The number of rotatable bonds is 26. The summed E-state index contributed by atoms with van der Waals surface area (Å²) in [5.41, 5.74) is 0. The van der Waals surface area contributed by atoms with Gasteiger partial charge >= 0.3 is 0 Å². The number of hydrogen-bond donors (Lipinski definition) is 29. The Balaban J connectivity index is 1.04. The average Bonchev–Trinajstić information content (AvgIpc) is 0.775. The molecule has 47 heteroatoms. The van der Waals surface area contributed by atoms with E-state index in [9.17, 15) is 148 Å². The van der Waals surface area contributed by atoms with Gasteiger partial charge < -0.3 is 229 Å². The van der Waals surface area contributed by atoms with Crippen molar-refractivity contribution in [2.75, 3.05) is 59.5 Å². The number of aliphatic hydroxyl groups is 28. The maximum Gasteiger partial charge on any atom is 0.217 e. The molecule has 0 aromatic rings. The Hall–Kier alpha value is -2.33. The number of aliphatic hydroxyl groups excluding tert-OH is 28. The highest BCUT2D eigenvalue weighted by molar-refractivity contribution is 5.73. The van der Waals surface area contributed by atoms with Crippen molar-refractivity contribution in [1.29, 1.82) is 0 Å². The third-order valence-corrected chi connectivity index (χ3v) is 19.1. The number of carbonyl (C=O) groups excluding carboxylic acids is 1. The van der Waals surface area contributed by atoms with Gasteiger partial charge in [0.2, 0.25) is 5.91 Å². The first kappa shape index (κ1) is 84.7. The van der Waals surface area contributed by atoms with E-state index in [1.54, 1.807) is 0 Å². The molecule has 9 rings (SSSR count). The lowest BCUT2D eigenvalue weighted by molar-refractivity contribution is -0.407. The molecule has 0 spiro atoms. The molecule has 0 aromatic carbocycles. The van der Waals surface area contributed by atoms with Crippen LogP contribution in [0.4, 0.5) is 0 Å². The van der Waals surface area contributed by atoms with Gasteiger partial charge in [0, 0.05) is 6.92 Å². The predicted molar refractivity (Wildman–Crippen MR) is 309 cm³/mol. The summed E-state index contributed by atoms with van der Waals surface area (Å²) in [6.07, 6.45) is -93.2. The van der Waals surface area contributed by atoms with Gasteiger partial charge in [0.25, 0.3) is 0 Å². The summed E-state index contributed by atoms with van der Waals surface area (Å²) in [7, 11) is 0. The predicted octanol–water partition coefficient (Wildman–Crippen LogP) is -20.5. The zero-order valence-electron chi connectivity index (χ0n) is 54.2. The SMILES string of the molecule is CC(=O)N[C@@H]1[C@@H](O)[C@H](O[C@@H]2O[C@H](CO[C@H]3O[C@H](CO[C@H]4O[C@H](CO)[C@@H](O)[C@H](O)[C@@H]4O[C@H]4O[C@H](CO)[C@@H](O)[C@H](O)[C@@H]4O)[C@@H](O)[C@H](O[C@H]4O[C@H](CO)[C@@H](O)[C@H](O)[C@@H]4O)[C@@H]3O)[C@@H](O)[C@H](O[C@H]3O[C@H](CO)[C@@H](O)[C@H](O)[C@@H]3O[C@H]3O[C@H](CO)[C@@H](O)[C@H](O)[C@@H]3O[C@H]3O[C@H](CO)[C@@H](O)[C@H](O)[C@@H]3O)[C@@H]2O)[C@@H](CO)O[C@H]1O. The second-order valence-electron chi connectivity index (χ2n) is 26.0. The van der Waals surface area contributed by atoms with Crippen LogP contribution in [0.3, 0.4) is 0 Å². The molecule has 9 heterocycles. The normalized spacial score (nSPS) is 52.4. The molecule has 0 radical (unpaired) electrons. The van der Waals surface area contributed by atoms with E-state index >= 15 is 0 Å². The fourth-order valence-corrected chi connectivity index (χ4v) is 13.1. The Morgan fingerprint density at radius 3 is 0.883 bits per heavy atom. The first-order chi connectivity index (χ1) is 48.8. The van der Waals surface area contributed by atoms with Crippen molar-refractivity contribution in [3.8, 4) is 0 Å². The molecule has 1 amide bonds. The number of ether oxygens (including phenoxy) is 17. The van der Waals surface area contributed by atoms with Crippen LogP contribution in [0.15, 0.2) is 0 Å². The van der Waals surface area contributed by atoms with Crippen molar-refractivity contribution in [1.82, 2.24) is 5.32 Å². The first-order valence-corrected chi connectivity index (χ1v) is 32.7. The molecule has 0 saturated carbocycles. The second-order valence-corrected chi connectivity index (χ2v) is 26.0. The van der Waals surface area contributed by atoms with Crippen molar-refractivity contribution >= 4 is 5.91 Å². The summed E-state index contributed by atoms with van der Waals surface area (Å²) in [6.45, 7) is -8.74. The number of nitrogens with one attached hydrogen (secondary N) is 1. The van der Waals surface area contributed by atoms with Gasteiger partial charge in [-0.25, -0.2) is 0 Å². The van der Waals surface area contributed by atoms with Crippen molar-refractivity contribution < 1.29 is 228 Å². The monoisotopic (exact) mass is 1520 g/mol. The smallest absolute Gasteiger partial charge is 0.217 e. The van der Waals surface area contributed by atoms with E-state index in [2.05, 4.69) is 5.32 Å². The lowest BCUT2D eigenvalue weighted by Crippen LogP contribution is -2.69. The summed E-state index contributed by atoms with van der Waals surface area (Å²) in [4.78, 5) is 12.3. The van der Waals surface area contributed by atoms with Crippen LogP contribution in [0.1, 0.15) is 6.92 Å². The molecule has 103 heavy (non-hydrogen) atoms. The zero-order chi connectivity index (χ0) is 75.6. The van der Waals surface area contributed by atoms with Gasteiger partial charge in [-0.3, -0.25) is 4.79 Å². The van der Waals surface area contributed by atoms with Crippen molar-refractivity contribution in [2.24, 2.45) is 0 Å². The van der Waals surface area contributed by atoms with Gasteiger partial charge in [-0.05, 0) is 0 Å². The van der Waals surface area contributed by atoms with Crippen LogP contribution in [0.2, 0.25) is 0 Å². The second kappa shape index (κ2) is 36.7. The summed E-state index contributed by atoms with van der Waals surface area (Å²) >= 11 is 0. The van der Waals surface area contributed by atoms with Crippen molar-refractivity contribution in [3.63, 3.8) is 0 Å². The Labute approximate surface area is 581 Å². The fourth-order valence-electron chi connectivity index (χ4n) is 13.1. The number of hydrogen-bond acceptors (Lipinski definition) is 46. The average molecular weight is 1520 g/mol. The van der Waals surface area contributed by atoms with Crippen LogP contribution in [-0.2, 0) is 85.3 Å². The summed E-state index contributed by atoms with van der Waals surface area (Å²) in [5, 5.41) is 308. The Morgan fingerprint density at radius 2 is 0.515 bits per heavy atom. The molecule has 9 fully saturated rings. The highest BCUT2D eigenvalue weighted by Gasteiger charge is 2.60. The highest BCUT2D eigenvalue weighted by atomic mass is 16.8. The summed E-state index contributed by atoms with van der Waals surface area (Å²) < 4.78 is 98.3. The van der Waals surface area contributed by atoms with Crippen LogP contribution in [0.25, 0.3) is 0 Å². The van der Waals surface area contributed by atoms with Crippen molar-refractivity contribution in [2.45, 2.75) is 283 Å². The molecule has 9 aliphatic rings. The van der Waals surface area contributed by atoms with Gasteiger partial charge in [0.05, 0.1) is 59.5 Å². The summed E-state index contributed by atoms with van der Waals surface area (Å²) in [6, 6.07) is -1.77. The van der Waals surface area contributed by atoms with E-state index in [-0.39, 0.29) is 0 Å². The minimum absolute atomic E-state index is 0.855. The third-order valence-electron chi connectivity index (χ3n) is 19.1. The minimum Gasteiger partial charge on any atom is -0.394 e. The molecule has 9 aliphatic heterocycles. The maximum absolute atomic E-state index is 12.4. The van der Waals surface area contributed by atoms with E-state index in [1.165, 1.54) is 0 Å². The van der Waals surface area contributed by atoms with E-state index in [0.29, 0.717) is 0 Å². The quantitative estimate of drug-likeness (QED) is 0.0382. The standard InChI is InChI=1S/C56H95NO46/c1-11(65)57-21-30(74)42(18(8-64)89-48(21)86)98-53-41(85)44(100-55-47(36(80)27(71)16(6-62)94-55)103-56-46(35(79)26(70)17(7-63)95-56)102-52-39(83)33(77)24(68)14(4-60)92-52)29(73)20(97-53)9-87-49-40(84)43(99-50-37(81)31(75)22(66)12(2-58)90-50)28(72)19(96-49)10-88-54-45(34(78)25(69)15(5-61)93-54)101-51-38(82)32(76)23(67)13(3-59)91-51/h12-56,58-64,66-86H,2-10H2,1H3,(H,57,65)/t12-,13-,14-,15-,16-,17-,18-,19-,20-,21-,22-,23-,24-,25-,26-,27-,28-,29-,30-,31+,32+,33+,34+,35+,36+,37+,38+,39+,40+,41+,42-,43+,44+,45+,46+,47+,48-,49+,50-,51-,52-,53+,54+,55-,56-/m1/s1. The molecular weight excluding hydrogens is 1420 g/mol. The molecule has 0 aromatic heterocycles. The van der Waals surface area contributed by atoms with E-state index in [4.69, 9.17) is 80.5 Å². The highest BCUT2D eigenvalue weighted by Crippen LogP contribution is 2.39. The largest absolute Gasteiger partial charge is 0.394 e. The molecule has 0 bridgehead atoms.